The maximum atomic E-state index is 12.4. The summed E-state index contributed by atoms with van der Waals surface area (Å²) >= 11 is 1.68. The number of hydrogen-bond acceptors (Lipinski definition) is 3. The minimum atomic E-state index is 0.0251. The number of thiophene rings is 1. The Hall–Kier alpha value is -2.40. The van der Waals surface area contributed by atoms with E-state index in [0.717, 1.165) is 30.7 Å². The highest BCUT2D eigenvalue weighted by atomic mass is 32.1. The van der Waals surface area contributed by atoms with Crippen molar-refractivity contribution in [2.24, 2.45) is 5.92 Å². The average molecular weight is 383 g/mol. The third kappa shape index (κ3) is 5.30. The zero-order valence-electron chi connectivity index (χ0n) is 15.7. The van der Waals surface area contributed by atoms with Crippen molar-refractivity contribution >= 4 is 29.2 Å². The van der Waals surface area contributed by atoms with Crippen molar-refractivity contribution in [3.8, 4) is 10.4 Å². The Kier molecular flexibility index (Phi) is 6.82. The Balaban J connectivity index is 1.51. The van der Waals surface area contributed by atoms with Gasteiger partial charge in [-0.2, -0.15) is 0 Å². The first-order chi connectivity index (χ1) is 13.2. The van der Waals surface area contributed by atoms with Gasteiger partial charge in [0.15, 0.2) is 0 Å². The van der Waals surface area contributed by atoms with Crippen LogP contribution in [0.5, 0.6) is 0 Å². The van der Waals surface area contributed by atoms with Crippen LogP contribution in [0, 0.1) is 5.92 Å². The standard InChI is InChI=1S/C22H26N2O2S/c1-2-14-23-22(26)18-12-15-24(16-13-18)21(25)11-9-19-8-10-20(27-19)17-6-4-3-5-7-17/h3-11,18H,2,12-16H2,1H3,(H,23,26)/b11-9+. The summed E-state index contributed by atoms with van der Waals surface area (Å²) in [7, 11) is 0. The van der Waals surface area contributed by atoms with Crippen molar-refractivity contribution < 1.29 is 9.59 Å². The van der Waals surface area contributed by atoms with E-state index in [1.54, 1.807) is 17.4 Å². The highest BCUT2D eigenvalue weighted by Crippen LogP contribution is 2.28. The zero-order chi connectivity index (χ0) is 19.1. The SMILES string of the molecule is CCCNC(=O)C1CCN(C(=O)/C=C/c2ccc(-c3ccccc3)s2)CC1. The number of carbonyl (C=O) groups excluding carboxylic acids is 2. The lowest BCUT2D eigenvalue weighted by Gasteiger charge is -2.30. The van der Waals surface area contributed by atoms with E-state index in [0.29, 0.717) is 13.1 Å². The molecule has 0 aliphatic carbocycles. The molecule has 0 spiro atoms. The number of benzene rings is 1. The predicted molar refractivity (Wildman–Crippen MR) is 111 cm³/mol. The maximum absolute atomic E-state index is 12.4. The minimum absolute atomic E-state index is 0.0251. The van der Waals surface area contributed by atoms with Crippen LogP contribution in [0.25, 0.3) is 16.5 Å². The number of nitrogens with one attached hydrogen (secondary N) is 1. The molecule has 0 atom stereocenters. The van der Waals surface area contributed by atoms with Crippen LogP contribution in [0.2, 0.25) is 0 Å². The first kappa shape index (κ1) is 19.4. The van der Waals surface area contributed by atoms with Crippen LogP contribution >= 0.6 is 11.3 Å². The van der Waals surface area contributed by atoms with Gasteiger partial charge in [-0.3, -0.25) is 9.59 Å². The summed E-state index contributed by atoms with van der Waals surface area (Å²) in [6, 6.07) is 14.4. The Morgan fingerprint density at radius 3 is 2.59 bits per heavy atom. The molecule has 1 N–H and O–H groups in total. The fourth-order valence-corrected chi connectivity index (χ4v) is 4.13. The summed E-state index contributed by atoms with van der Waals surface area (Å²) in [4.78, 5) is 28.6. The second-order valence-corrected chi connectivity index (χ2v) is 7.91. The van der Waals surface area contributed by atoms with E-state index in [1.165, 1.54) is 10.4 Å². The quantitative estimate of drug-likeness (QED) is 0.762. The summed E-state index contributed by atoms with van der Waals surface area (Å²) in [5.74, 6) is 0.193. The lowest BCUT2D eigenvalue weighted by Crippen LogP contribution is -2.42. The van der Waals surface area contributed by atoms with Crippen molar-refractivity contribution in [2.45, 2.75) is 26.2 Å². The van der Waals surface area contributed by atoms with E-state index in [4.69, 9.17) is 0 Å². The van der Waals surface area contributed by atoms with E-state index < -0.39 is 0 Å². The highest BCUT2D eigenvalue weighted by molar-refractivity contribution is 7.16. The minimum Gasteiger partial charge on any atom is -0.356 e. The summed E-state index contributed by atoms with van der Waals surface area (Å²) < 4.78 is 0. The highest BCUT2D eigenvalue weighted by Gasteiger charge is 2.26. The van der Waals surface area contributed by atoms with Crippen LogP contribution in [0.3, 0.4) is 0 Å². The fourth-order valence-electron chi connectivity index (χ4n) is 3.21. The van der Waals surface area contributed by atoms with Gasteiger partial charge in [0.05, 0.1) is 0 Å². The third-order valence-corrected chi connectivity index (χ3v) is 5.90. The molecule has 4 nitrogen and oxygen atoms in total. The van der Waals surface area contributed by atoms with Gasteiger partial charge < -0.3 is 10.2 Å². The molecule has 1 aromatic carbocycles. The van der Waals surface area contributed by atoms with Gasteiger partial charge in [0.1, 0.15) is 0 Å². The number of amides is 2. The Bertz CT molecular complexity index is 790. The molecular weight excluding hydrogens is 356 g/mol. The number of carbonyl (C=O) groups is 2. The predicted octanol–water partition coefficient (Wildman–Crippen LogP) is 4.19. The Labute approximate surface area is 164 Å². The monoisotopic (exact) mass is 382 g/mol. The first-order valence-electron chi connectivity index (χ1n) is 9.57. The number of likely N-dealkylation sites (tertiary alicyclic amines) is 1. The van der Waals surface area contributed by atoms with E-state index in [2.05, 4.69) is 23.5 Å². The Morgan fingerprint density at radius 1 is 1.15 bits per heavy atom. The Morgan fingerprint density at radius 2 is 1.89 bits per heavy atom. The molecule has 3 rings (SSSR count). The van der Waals surface area contributed by atoms with Crippen molar-refractivity contribution in [1.29, 1.82) is 0 Å². The zero-order valence-corrected chi connectivity index (χ0v) is 16.5. The molecule has 1 aliphatic heterocycles. The smallest absolute Gasteiger partial charge is 0.246 e. The van der Waals surface area contributed by atoms with Crippen molar-refractivity contribution in [2.75, 3.05) is 19.6 Å². The fraction of sp³-hybridized carbons (Fsp3) is 0.364. The molecule has 2 amide bonds. The molecule has 2 heterocycles. The molecule has 0 saturated carbocycles. The van der Waals surface area contributed by atoms with Crippen LogP contribution in [0.15, 0.2) is 48.5 Å². The van der Waals surface area contributed by atoms with E-state index in [-0.39, 0.29) is 17.7 Å². The molecular formula is C22H26N2O2S. The second kappa shape index (κ2) is 9.51. The van der Waals surface area contributed by atoms with Gasteiger partial charge in [0, 0.05) is 41.4 Å². The second-order valence-electron chi connectivity index (χ2n) is 6.79. The molecule has 0 unspecified atom stereocenters. The van der Waals surface area contributed by atoms with Gasteiger partial charge >= 0.3 is 0 Å². The summed E-state index contributed by atoms with van der Waals surface area (Å²) in [5, 5.41) is 2.95. The number of nitrogens with zero attached hydrogens (tertiary/aromatic N) is 1. The molecule has 1 aromatic heterocycles. The van der Waals surface area contributed by atoms with Gasteiger partial charge in [0.25, 0.3) is 0 Å². The number of piperidine rings is 1. The number of rotatable bonds is 6. The third-order valence-electron chi connectivity index (χ3n) is 4.80. The molecule has 0 bridgehead atoms. The lowest BCUT2D eigenvalue weighted by atomic mass is 9.96. The molecule has 1 saturated heterocycles. The molecule has 27 heavy (non-hydrogen) atoms. The van der Waals surface area contributed by atoms with Gasteiger partial charge in [-0.05, 0) is 43.0 Å². The van der Waals surface area contributed by atoms with Crippen LogP contribution in [0.4, 0.5) is 0 Å². The molecule has 142 valence electrons. The van der Waals surface area contributed by atoms with E-state index >= 15 is 0 Å². The van der Waals surface area contributed by atoms with Crippen molar-refractivity contribution in [3.63, 3.8) is 0 Å². The van der Waals surface area contributed by atoms with Crippen molar-refractivity contribution in [3.05, 3.63) is 53.4 Å². The van der Waals surface area contributed by atoms with Crippen LogP contribution < -0.4 is 5.32 Å². The van der Waals surface area contributed by atoms with Gasteiger partial charge in [-0.15, -0.1) is 11.3 Å². The van der Waals surface area contributed by atoms with E-state index in [9.17, 15) is 9.59 Å². The maximum Gasteiger partial charge on any atom is 0.246 e. The van der Waals surface area contributed by atoms with Gasteiger partial charge in [0.2, 0.25) is 11.8 Å². The molecule has 1 aliphatic rings. The van der Waals surface area contributed by atoms with Crippen molar-refractivity contribution in [1.82, 2.24) is 10.2 Å². The van der Waals surface area contributed by atoms with Crippen LogP contribution in [-0.2, 0) is 9.59 Å². The topological polar surface area (TPSA) is 49.4 Å². The van der Waals surface area contributed by atoms with Crippen LogP contribution in [-0.4, -0.2) is 36.3 Å². The van der Waals surface area contributed by atoms with E-state index in [1.807, 2.05) is 42.2 Å². The summed E-state index contributed by atoms with van der Waals surface area (Å²) in [6.45, 7) is 4.07. The van der Waals surface area contributed by atoms with Gasteiger partial charge in [-0.25, -0.2) is 0 Å². The molecule has 1 fully saturated rings. The summed E-state index contributed by atoms with van der Waals surface area (Å²) in [5.41, 5.74) is 1.19. The molecule has 5 heteroatoms. The normalized spacial score (nSPS) is 15.2. The largest absolute Gasteiger partial charge is 0.356 e. The van der Waals surface area contributed by atoms with Gasteiger partial charge in [-0.1, -0.05) is 37.3 Å². The van der Waals surface area contributed by atoms with Crippen LogP contribution in [0.1, 0.15) is 31.1 Å². The molecule has 2 aromatic rings. The number of hydrogen-bond donors (Lipinski definition) is 1. The summed E-state index contributed by atoms with van der Waals surface area (Å²) in [6.07, 6.45) is 5.97. The first-order valence-corrected chi connectivity index (χ1v) is 10.4. The average Bonchev–Trinajstić information content (AvgIpc) is 3.20. The molecule has 0 radical (unpaired) electrons. The lowest BCUT2D eigenvalue weighted by molar-refractivity contribution is -0.132.